The Labute approximate surface area is 152 Å². The number of ether oxygens (including phenoxy) is 2. The van der Waals surface area contributed by atoms with Crippen molar-refractivity contribution >= 4 is 17.2 Å². The van der Waals surface area contributed by atoms with Crippen molar-refractivity contribution in [3.05, 3.63) is 39.3 Å². The number of likely N-dealkylation sites (tertiary alicyclic amines) is 1. The van der Waals surface area contributed by atoms with E-state index in [9.17, 15) is 4.79 Å². The summed E-state index contributed by atoms with van der Waals surface area (Å²) in [5, 5.41) is 1.21. The number of hydrogen-bond donors (Lipinski definition) is 0. The summed E-state index contributed by atoms with van der Waals surface area (Å²) in [5.41, 5.74) is 1.63. The Morgan fingerprint density at radius 1 is 1.16 bits per heavy atom. The van der Waals surface area contributed by atoms with Crippen LogP contribution in [0.3, 0.4) is 0 Å². The van der Waals surface area contributed by atoms with Crippen molar-refractivity contribution in [1.82, 2.24) is 9.88 Å². The van der Waals surface area contributed by atoms with E-state index in [1.807, 2.05) is 11.0 Å². The molecular formula is C19H24N2O3S. The van der Waals surface area contributed by atoms with Crippen LogP contribution in [-0.2, 0) is 0 Å². The smallest absolute Gasteiger partial charge is 0.261 e. The predicted molar refractivity (Wildman–Crippen MR) is 99.0 cm³/mol. The molecule has 0 bridgehead atoms. The maximum atomic E-state index is 13.0. The van der Waals surface area contributed by atoms with Gasteiger partial charge < -0.3 is 14.4 Å². The molecule has 0 spiro atoms. The molecule has 1 aromatic carbocycles. The highest BCUT2D eigenvalue weighted by molar-refractivity contribution is 7.11. The molecular weight excluding hydrogens is 336 g/mol. The number of aryl methyl sites for hydroxylation is 2. The van der Waals surface area contributed by atoms with Crippen LogP contribution >= 0.6 is 11.3 Å². The van der Waals surface area contributed by atoms with Crippen molar-refractivity contribution in [2.45, 2.75) is 32.6 Å². The van der Waals surface area contributed by atoms with Crippen molar-refractivity contribution in [3.8, 4) is 11.5 Å². The van der Waals surface area contributed by atoms with Crippen molar-refractivity contribution in [2.75, 3.05) is 27.3 Å². The van der Waals surface area contributed by atoms with Gasteiger partial charge in [-0.25, -0.2) is 4.98 Å². The minimum absolute atomic E-state index is 0.0285. The van der Waals surface area contributed by atoms with E-state index in [0.717, 1.165) is 31.6 Å². The van der Waals surface area contributed by atoms with Crippen LogP contribution in [0.2, 0.25) is 0 Å². The molecule has 5 nitrogen and oxygen atoms in total. The van der Waals surface area contributed by atoms with Crippen molar-refractivity contribution in [3.63, 3.8) is 0 Å². The molecule has 1 amide bonds. The number of benzene rings is 1. The summed E-state index contributed by atoms with van der Waals surface area (Å²) in [6.07, 6.45) is 1.88. The minimum atomic E-state index is -0.0285. The van der Waals surface area contributed by atoms with E-state index >= 15 is 0 Å². The number of piperidine rings is 1. The van der Waals surface area contributed by atoms with Gasteiger partial charge in [-0.2, -0.15) is 0 Å². The van der Waals surface area contributed by atoms with Crippen LogP contribution < -0.4 is 9.47 Å². The molecule has 0 N–H and O–H groups in total. The van der Waals surface area contributed by atoms with Gasteiger partial charge >= 0.3 is 0 Å². The molecule has 134 valence electrons. The van der Waals surface area contributed by atoms with E-state index in [2.05, 4.69) is 13.8 Å². The molecule has 0 saturated carbocycles. The lowest BCUT2D eigenvalue weighted by Gasteiger charge is -2.31. The first-order chi connectivity index (χ1) is 12.0. The predicted octanol–water partition coefficient (Wildman–Crippen LogP) is 3.80. The number of hydrogen-bond acceptors (Lipinski definition) is 5. The van der Waals surface area contributed by atoms with E-state index in [4.69, 9.17) is 14.5 Å². The highest BCUT2D eigenvalue weighted by Crippen LogP contribution is 2.35. The topological polar surface area (TPSA) is 51.7 Å². The summed E-state index contributed by atoms with van der Waals surface area (Å²) in [6.45, 7) is 5.62. The Morgan fingerprint density at radius 2 is 1.76 bits per heavy atom. The van der Waals surface area contributed by atoms with Gasteiger partial charge in [0.2, 0.25) is 0 Å². The average molecular weight is 360 g/mol. The van der Waals surface area contributed by atoms with E-state index < -0.39 is 0 Å². The van der Waals surface area contributed by atoms with Crippen LogP contribution in [0.15, 0.2) is 18.2 Å². The average Bonchev–Trinajstić information content (AvgIpc) is 2.99. The third kappa shape index (κ3) is 3.49. The first-order valence-corrected chi connectivity index (χ1v) is 9.31. The monoisotopic (exact) mass is 360 g/mol. The van der Waals surface area contributed by atoms with Crippen LogP contribution in [-0.4, -0.2) is 43.1 Å². The third-order valence-electron chi connectivity index (χ3n) is 4.82. The second kappa shape index (κ2) is 7.44. The summed E-state index contributed by atoms with van der Waals surface area (Å²) in [6, 6.07) is 5.42. The lowest BCUT2D eigenvalue weighted by atomic mass is 9.96. The van der Waals surface area contributed by atoms with Gasteiger partial charge in [-0.05, 0) is 38.8 Å². The molecule has 25 heavy (non-hydrogen) atoms. The number of thiazole rings is 1. The Morgan fingerprint density at radius 3 is 2.24 bits per heavy atom. The summed E-state index contributed by atoms with van der Waals surface area (Å²) in [5.74, 6) is 1.52. The number of aromatic nitrogens is 1. The Hall–Kier alpha value is -2.08. The Balaban J connectivity index is 1.74. The van der Waals surface area contributed by atoms with Crippen molar-refractivity contribution < 1.29 is 14.3 Å². The molecule has 1 fully saturated rings. The number of rotatable bonds is 4. The number of methoxy groups -OCH3 is 2. The van der Waals surface area contributed by atoms with Gasteiger partial charge in [0.25, 0.3) is 5.91 Å². The van der Waals surface area contributed by atoms with Gasteiger partial charge in [0.05, 0.1) is 24.9 Å². The van der Waals surface area contributed by atoms with Crippen molar-refractivity contribution in [2.24, 2.45) is 0 Å². The van der Waals surface area contributed by atoms with E-state index in [1.165, 1.54) is 9.88 Å². The fraction of sp³-hybridized carbons (Fsp3) is 0.474. The molecule has 6 heteroatoms. The van der Waals surface area contributed by atoms with Gasteiger partial charge in [-0.15, -0.1) is 11.3 Å². The molecule has 1 saturated heterocycles. The number of carbonyl (C=O) groups excluding carboxylic acids is 1. The first kappa shape index (κ1) is 17.7. The Bertz CT molecular complexity index is 722. The quantitative estimate of drug-likeness (QED) is 0.832. The Kier molecular flexibility index (Phi) is 5.27. The minimum Gasteiger partial charge on any atom is -0.496 e. The van der Waals surface area contributed by atoms with Crippen LogP contribution in [0.4, 0.5) is 0 Å². The zero-order valence-corrected chi connectivity index (χ0v) is 16.0. The first-order valence-electron chi connectivity index (χ1n) is 8.49. The van der Waals surface area contributed by atoms with Crippen LogP contribution in [0.25, 0.3) is 0 Å². The van der Waals surface area contributed by atoms with E-state index in [1.54, 1.807) is 37.7 Å². The summed E-state index contributed by atoms with van der Waals surface area (Å²) >= 11 is 1.78. The van der Waals surface area contributed by atoms with Crippen LogP contribution in [0.5, 0.6) is 11.5 Å². The zero-order valence-electron chi connectivity index (χ0n) is 15.2. The lowest BCUT2D eigenvalue weighted by molar-refractivity contribution is 0.0706. The summed E-state index contributed by atoms with van der Waals surface area (Å²) in [4.78, 5) is 20.9. The second-order valence-corrected chi connectivity index (χ2v) is 7.53. The normalized spacial score (nSPS) is 15.3. The largest absolute Gasteiger partial charge is 0.496 e. The van der Waals surface area contributed by atoms with E-state index in [0.29, 0.717) is 23.0 Å². The SMILES string of the molecule is COc1cccc(OC)c1C(=O)N1CCC(c2nc(C)c(C)s2)CC1. The molecule has 1 aliphatic rings. The highest BCUT2D eigenvalue weighted by Gasteiger charge is 2.29. The van der Waals surface area contributed by atoms with Gasteiger partial charge in [0, 0.05) is 23.9 Å². The molecule has 2 aromatic rings. The summed E-state index contributed by atoms with van der Waals surface area (Å²) < 4.78 is 10.7. The van der Waals surface area contributed by atoms with Gasteiger partial charge in [-0.3, -0.25) is 4.79 Å². The lowest BCUT2D eigenvalue weighted by Crippen LogP contribution is -2.38. The highest BCUT2D eigenvalue weighted by atomic mass is 32.1. The second-order valence-electron chi connectivity index (χ2n) is 6.30. The van der Waals surface area contributed by atoms with Crippen LogP contribution in [0, 0.1) is 13.8 Å². The summed E-state index contributed by atoms with van der Waals surface area (Å²) in [7, 11) is 3.15. The third-order valence-corrected chi connectivity index (χ3v) is 6.05. The number of nitrogens with zero attached hydrogens (tertiary/aromatic N) is 2. The maximum absolute atomic E-state index is 13.0. The van der Waals surface area contributed by atoms with Crippen molar-refractivity contribution in [1.29, 1.82) is 0 Å². The maximum Gasteiger partial charge on any atom is 0.261 e. The molecule has 3 rings (SSSR count). The standard InChI is InChI=1S/C19H24N2O3S/c1-12-13(2)25-18(20-12)14-8-10-21(11-9-14)19(22)17-15(23-3)6-5-7-16(17)24-4/h5-7,14H,8-11H2,1-4H3. The zero-order chi connectivity index (χ0) is 18.0. The molecule has 2 heterocycles. The number of carbonyl (C=O) groups is 1. The van der Waals surface area contributed by atoms with E-state index in [-0.39, 0.29) is 5.91 Å². The van der Waals surface area contributed by atoms with Gasteiger partial charge in [-0.1, -0.05) is 6.07 Å². The van der Waals surface area contributed by atoms with Gasteiger partial charge in [0.1, 0.15) is 17.1 Å². The fourth-order valence-corrected chi connectivity index (χ4v) is 4.31. The molecule has 1 aromatic heterocycles. The van der Waals surface area contributed by atoms with Crippen LogP contribution in [0.1, 0.15) is 44.7 Å². The molecule has 0 atom stereocenters. The number of amides is 1. The molecule has 0 radical (unpaired) electrons. The molecule has 1 aliphatic heterocycles. The fourth-order valence-electron chi connectivity index (χ4n) is 3.22. The molecule has 0 aliphatic carbocycles. The van der Waals surface area contributed by atoms with Gasteiger partial charge in [0.15, 0.2) is 0 Å². The molecule has 0 unspecified atom stereocenters.